The SMILES string of the molecule is COC(=O)N1C(=O)[C@H]2[C@H](CC=C3[C@H]2C[C@H]2C(=O)N(Nc4ccc(Cl)cc4Cl)C(=O)[C@@]2(c2ccc(OC)cc2)[C@H]3c2ccc(OCc3ccccc3)cc2O)C1=O. The highest BCUT2D eigenvalue weighted by molar-refractivity contribution is 6.36. The Kier molecular flexibility index (Phi) is 9.50. The smallest absolute Gasteiger partial charge is 0.423 e. The lowest BCUT2D eigenvalue weighted by Gasteiger charge is -2.50. The van der Waals surface area contributed by atoms with Crippen molar-refractivity contribution in [2.45, 2.75) is 30.8 Å². The van der Waals surface area contributed by atoms with Crippen molar-refractivity contribution in [3.63, 3.8) is 0 Å². The number of phenolic OH excluding ortho intramolecular Hbond substituents is 1. The molecule has 2 aliphatic carbocycles. The summed E-state index contributed by atoms with van der Waals surface area (Å²) < 4.78 is 16.3. The van der Waals surface area contributed by atoms with Crippen molar-refractivity contribution >= 4 is 58.6 Å². The third kappa shape index (κ3) is 5.77. The number of hydrazine groups is 1. The van der Waals surface area contributed by atoms with Crippen LogP contribution in [0.25, 0.3) is 0 Å². The number of fused-ring (bicyclic) bond motifs is 4. The van der Waals surface area contributed by atoms with Crippen LogP contribution in [0.3, 0.4) is 0 Å². The number of hydrogen-bond donors (Lipinski definition) is 2. The summed E-state index contributed by atoms with van der Waals surface area (Å²) in [5.41, 5.74) is 3.70. The zero-order chi connectivity index (χ0) is 39.5. The first kappa shape index (κ1) is 37.1. The van der Waals surface area contributed by atoms with Crippen LogP contribution in [0.5, 0.6) is 17.2 Å². The van der Waals surface area contributed by atoms with E-state index >= 15 is 4.79 Å². The minimum Gasteiger partial charge on any atom is -0.508 e. The second kappa shape index (κ2) is 14.3. The quantitative estimate of drug-likeness (QED) is 0.140. The molecule has 286 valence electrons. The zero-order valence-electron chi connectivity index (χ0n) is 30.1. The van der Waals surface area contributed by atoms with Gasteiger partial charge >= 0.3 is 6.09 Å². The van der Waals surface area contributed by atoms with Crippen LogP contribution in [0.4, 0.5) is 10.5 Å². The molecule has 2 heterocycles. The Morgan fingerprint density at radius 3 is 2.29 bits per heavy atom. The van der Waals surface area contributed by atoms with Gasteiger partial charge in [0.25, 0.3) is 11.8 Å². The summed E-state index contributed by atoms with van der Waals surface area (Å²) in [5, 5.41) is 13.4. The topological polar surface area (TPSA) is 152 Å². The molecule has 6 atom stereocenters. The molecule has 56 heavy (non-hydrogen) atoms. The van der Waals surface area contributed by atoms with E-state index < -0.39 is 64.7 Å². The molecule has 3 fully saturated rings. The summed E-state index contributed by atoms with van der Waals surface area (Å²) in [7, 11) is 2.60. The Morgan fingerprint density at radius 1 is 0.875 bits per heavy atom. The standard InChI is InChI=1S/C42H35Cl2N3O9/c1-54-25-11-8-23(9-12-25)42-31(38(50)47(40(42)52)45-33-17-10-24(43)18-32(33)44)20-30-27(15-16-29-35(30)39(51)46(37(29)49)41(53)55-2)36(42)28-14-13-26(19-34(28)48)56-21-22-6-4-3-5-7-22/h3-15,17-19,29-31,35-36,45,48H,16,20-21H2,1-2H3/t29-,30+,31-,35-,36+,42+/m0/s1. The number of nitrogens with zero attached hydrogens (tertiary/aromatic N) is 2. The number of amides is 5. The lowest BCUT2D eigenvalue weighted by molar-refractivity contribution is -0.140. The Morgan fingerprint density at radius 2 is 1.61 bits per heavy atom. The van der Waals surface area contributed by atoms with Gasteiger partial charge in [-0.25, -0.2) is 4.79 Å². The molecule has 14 heteroatoms. The number of methoxy groups -OCH3 is 2. The van der Waals surface area contributed by atoms with Crippen molar-refractivity contribution < 1.29 is 43.3 Å². The molecule has 8 rings (SSSR count). The number of hydrogen-bond acceptors (Lipinski definition) is 10. The van der Waals surface area contributed by atoms with Crippen molar-refractivity contribution in [2.75, 3.05) is 19.6 Å². The summed E-state index contributed by atoms with van der Waals surface area (Å²) in [4.78, 5) is 71.3. The molecule has 0 bridgehead atoms. The van der Waals surface area contributed by atoms with Crippen LogP contribution < -0.4 is 14.9 Å². The van der Waals surface area contributed by atoms with E-state index in [1.807, 2.05) is 36.4 Å². The number of ether oxygens (including phenoxy) is 3. The van der Waals surface area contributed by atoms with Crippen molar-refractivity contribution in [2.24, 2.45) is 23.7 Å². The molecule has 5 amide bonds. The molecule has 2 saturated heterocycles. The van der Waals surface area contributed by atoms with Gasteiger partial charge in [0, 0.05) is 22.6 Å². The number of allylic oxidation sites excluding steroid dienone is 2. The van der Waals surface area contributed by atoms with Crippen molar-refractivity contribution in [3.05, 3.63) is 129 Å². The van der Waals surface area contributed by atoms with Crippen LogP contribution in [0.15, 0.2) is 103 Å². The van der Waals surface area contributed by atoms with E-state index in [1.165, 1.54) is 19.2 Å². The van der Waals surface area contributed by atoms with Crippen LogP contribution in [0.2, 0.25) is 10.0 Å². The number of halogens is 2. The Balaban J connectivity index is 1.31. The molecule has 0 radical (unpaired) electrons. The number of nitrogens with one attached hydrogen (secondary N) is 1. The summed E-state index contributed by atoms with van der Waals surface area (Å²) in [5.74, 6) is -6.96. The summed E-state index contributed by atoms with van der Waals surface area (Å²) in [6.07, 6.45) is 0.743. The summed E-state index contributed by atoms with van der Waals surface area (Å²) in [6, 6.07) is 25.7. The zero-order valence-corrected chi connectivity index (χ0v) is 31.6. The molecule has 4 aromatic carbocycles. The van der Waals surface area contributed by atoms with E-state index in [1.54, 1.807) is 48.5 Å². The number of carbonyl (C=O) groups excluding carboxylic acids is 5. The van der Waals surface area contributed by atoms with E-state index in [2.05, 4.69) is 5.43 Å². The summed E-state index contributed by atoms with van der Waals surface area (Å²) >= 11 is 12.7. The van der Waals surface area contributed by atoms with E-state index in [0.717, 1.165) is 17.7 Å². The van der Waals surface area contributed by atoms with Crippen LogP contribution in [-0.4, -0.2) is 59.0 Å². The van der Waals surface area contributed by atoms with E-state index in [9.17, 15) is 24.3 Å². The third-order valence-electron chi connectivity index (χ3n) is 11.5. The number of benzene rings is 4. The van der Waals surface area contributed by atoms with Gasteiger partial charge < -0.3 is 19.3 Å². The normalized spacial score (nSPS) is 25.3. The molecule has 4 aliphatic rings. The van der Waals surface area contributed by atoms with Gasteiger partial charge in [-0.15, -0.1) is 0 Å². The van der Waals surface area contributed by atoms with Gasteiger partial charge in [0.2, 0.25) is 11.8 Å². The highest BCUT2D eigenvalue weighted by atomic mass is 35.5. The lowest BCUT2D eigenvalue weighted by Crippen LogP contribution is -2.53. The summed E-state index contributed by atoms with van der Waals surface area (Å²) in [6.45, 7) is 0.227. The highest BCUT2D eigenvalue weighted by Crippen LogP contribution is 2.65. The predicted molar refractivity (Wildman–Crippen MR) is 204 cm³/mol. The fourth-order valence-corrected chi connectivity index (χ4v) is 9.51. The van der Waals surface area contributed by atoms with Gasteiger partial charge in [-0.05, 0) is 66.3 Å². The third-order valence-corrected chi connectivity index (χ3v) is 12.0. The fourth-order valence-electron chi connectivity index (χ4n) is 9.06. The van der Waals surface area contributed by atoms with Gasteiger partial charge in [-0.1, -0.05) is 83.4 Å². The van der Waals surface area contributed by atoms with Crippen LogP contribution in [0, 0.1) is 23.7 Å². The molecule has 1 saturated carbocycles. The maximum atomic E-state index is 15.4. The number of phenols is 1. The molecule has 2 aliphatic heterocycles. The Labute approximate surface area is 331 Å². The largest absolute Gasteiger partial charge is 0.508 e. The molecule has 0 unspecified atom stereocenters. The predicted octanol–water partition coefficient (Wildman–Crippen LogP) is 7.04. The van der Waals surface area contributed by atoms with Crippen LogP contribution >= 0.6 is 23.2 Å². The first-order valence-electron chi connectivity index (χ1n) is 17.9. The van der Waals surface area contributed by atoms with Gasteiger partial charge in [-0.3, -0.25) is 24.6 Å². The van der Waals surface area contributed by atoms with Crippen LogP contribution in [0.1, 0.15) is 35.4 Å². The molecule has 12 nitrogen and oxygen atoms in total. The van der Waals surface area contributed by atoms with E-state index in [-0.39, 0.29) is 35.9 Å². The monoisotopic (exact) mass is 795 g/mol. The Hall–Kier alpha value is -5.85. The number of imide groups is 4. The van der Waals surface area contributed by atoms with Crippen LogP contribution in [-0.2, 0) is 35.9 Å². The van der Waals surface area contributed by atoms with E-state index in [0.29, 0.717) is 38.1 Å². The second-order valence-electron chi connectivity index (χ2n) is 14.2. The molecule has 4 aromatic rings. The minimum atomic E-state index is -1.71. The maximum Gasteiger partial charge on any atom is 0.423 e. The second-order valence-corrected chi connectivity index (χ2v) is 15.0. The van der Waals surface area contributed by atoms with Gasteiger partial charge in [-0.2, -0.15) is 9.91 Å². The fraction of sp³-hybridized carbons (Fsp3) is 0.262. The molecule has 2 N–H and O–H groups in total. The number of aromatic hydroxyl groups is 1. The molecular formula is C42H35Cl2N3O9. The first-order valence-corrected chi connectivity index (χ1v) is 18.6. The van der Waals surface area contributed by atoms with Crippen molar-refractivity contribution in [1.82, 2.24) is 9.91 Å². The van der Waals surface area contributed by atoms with Gasteiger partial charge in [0.05, 0.1) is 48.1 Å². The number of carbonyl (C=O) groups is 5. The van der Waals surface area contributed by atoms with Gasteiger partial charge in [0.1, 0.15) is 23.9 Å². The first-order chi connectivity index (χ1) is 27.0. The average molecular weight is 797 g/mol. The molecular weight excluding hydrogens is 761 g/mol. The average Bonchev–Trinajstić information content (AvgIpc) is 3.59. The minimum absolute atomic E-state index is 0.0420. The lowest BCUT2D eigenvalue weighted by atomic mass is 9.49. The van der Waals surface area contributed by atoms with Gasteiger partial charge in [0.15, 0.2) is 0 Å². The highest BCUT2D eigenvalue weighted by Gasteiger charge is 2.71. The van der Waals surface area contributed by atoms with Crippen molar-refractivity contribution in [3.8, 4) is 17.2 Å². The number of anilines is 1. The molecule has 0 aromatic heterocycles. The Bertz CT molecular complexity index is 2320. The molecule has 0 spiro atoms. The number of likely N-dealkylation sites (tertiary alicyclic amines) is 1. The van der Waals surface area contributed by atoms with E-state index in [4.69, 9.17) is 37.4 Å². The number of rotatable bonds is 8. The van der Waals surface area contributed by atoms with Crippen molar-refractivity contribution in [1.29, 1.82) is 0 Å². The maximum absolute atomic E-state index is 15.4.